The maximum atomic E-state index is 12.2. The van der Waals surface area contributed by atoms with Crippen LogP contribution in [0.5, 0.6) is 0 Å². The van der Waals surface area contributed by atoms with Crippen LogP contribution in [0.2, 0.25) is 0 Å². The molecule has 0 radical (unpaired) electrons. The average molecular weight is 338 g/mol. The Balaban J connectivity index is 1.53. The Kier molecular flexibility index (Phi) is 5.40. The summed E-state index contributed by atoms with van der Waals surface area (Å²) in [5.41, 5.74) is 8.16. The van der Waals surface area contributed by atoms with Crippen LogP contribution >= 0.6 is 0 Å². The maximum absolute atomic E-state index is 12.2. The fourth-order valence-electron chi connectivity index (χ4n) is 2.49. The van der Waals surface area contributed by atoms with Gasteiger partial charge in [0.1, 0.15) is 0 Å². The molecule has 2 amide bonds. The van der Waals surface area contributed by atoms with E-state index in [0.717, 1.165) is 12.1 Å². The van der Waals surface area contributed by atoms with Crippen LogP contribution in [0.1, 0.15) is 41.2 Å². The first-order chi connectivity index (χ1) is 12.1. The number of rotatable bonds is 7. The van der Waals surface area contributed by atoms with Gasteiger partial charge in [-0.2, -0.15) is 0 Å². The number of aromatic nitrogens is 1. The van der Waals surface area contributed by atoms with E-state index in [2.05, 4.69) is 15.6 Å². The van der Waals surface area contributed by atoms with Gasteiger partial charge in [-0.15, -0.1) is 0 Å². The molecular formula is C19H22N4O2. The highest BCUT2D eigenvalue weighted by Gasteiger charge is 2.22. The second-order valence-corrected chi connectivity index (χ2v) is 6.37. The van der Waals surface area contributed by atoms with Crippen molar-refractivity contribution in [3.05, 3.63) is 59.9 Å². The molecule has 1 heterocycles. The van der Waals surface area contributed by atoms with Crippen molar-refractivity contribution in [2.75, 3.05) is 11.9 Å². The van der Waals surface area contributed by atoms with Gasteiger partial charge < -0.3 is 16.4 Å². The van der Waals surface area contributed by atoms with E-state index in [1.165, 1.54) is 12.8 Å². The Bertz CT molecular complexity index is 727. The molecule has 1 aromatic carbocycles. The van der Waals surface area contributed by atoms with Crippen molar-refractivity contribution in [2.24, 2.45) is 11.7 Å². The summed E-state index contributed by atoms with van der Waals surface area (Å²) in [5.74, 6) is 0.422. The van der Waals surface area contributed by atoms with E-state index in [1.54, 1.807) is 48.8 Å². The smallest absolute Gasteiger partial charge is 0.255 e. The van der Waals surface area contributed by atoms with Crippen LogP contribution < -0.4 is 16.4 Å². The summed E-state index contributed by atoms with van der Waals surface area (Å²) in [6.07, 6.45) is 5.89. The summed E-state index contributed by atoms with van der Waals surface area (Å²) in [4.78, 5) is 28.0. The van der Waals surface area contributed by atoms with Crippen molar-refractivity contribution in [3.63, 3.8) is 0 Å². The van der Waals surface area contributed by atoms with Crippen molar-refractivity contribution in [3.8, 4) is 0 Å². The number of hydrogen-bond acceptors (Lipinski definition) is 4. The third kappa shape index (κ3) is 5.12. The van der Waals surface area contributed by atoms with Crippen molar-refractivity contribution in [1.29, 1.82) is 0 Å². The van der Waals surface area contributed by atoms with Crippen molar-refractivity contribution in [2.45, 2.75) is 25.3 Å². The minimum absolute atomic E-state index is 0.0288. The summed E-state index contributed by atoms with van der Waals surface area (Å²) in [7, 11) is 0. The number of pyridine rings is 1. The van der Waals surface area contributed by atoms with Crippen LogP contribution in [0.3, 0.4) is 0 Å². The molecule has 0 saturated heterocycles. The Labute approximate surface area is 146 Å². The van der Waals surface area contributed by atoms with Gasteiger partial charge in [0, 0.05) is 42.7 Å². The van der Waals surface area contributed by atoms with Gasteiger partial charge in [0.15, 0.2) is 0 Å². The highest BCUT2D eigenvalue weighted by Crippen LogP contribution is 2.27. The molecule has 0 aliphatic heterocycles. The van der Waals surface area contributed by atoms with Crippen LogP contribution in [-0.2, 0) is 4.79 Å². The predicted octanol–water partition coefficient (Wildman–Crippen LogP) is 2.25. The first kappa shape index (κ1) is 17.1. The number of hydrogen-bond donors (Lipinski definition) is 3. The van der Waals surface area contributed by atoms with E-state index < -0.39 is 0 Å². The van der Waals surface area contributed by atoms with E-state index >= 15 is 0 Å². The second kappa shape index (κ2) is 7.90. The standard InChI is InChI=1S/C19H22N4O2/c20-17(11-18(24)22-12-13-1-2-13)14-3-5-15(6-4-14)19(25)23-16-7-9-21-10-8-16/h3-10,13,17H,1-2,11-12,20H2,(H,22,24)(H,21,23,25). The molecule has 25 heavy (non-hydrogen) atoms. The van der Waals surface area contributed by atoms with Crippen molar-refractivity contribution < 1.29 is 9.59 Å². The molecule has 1 fully saturated rings. The van der Waals surface area contributed by atoms with Crippen LogP contribution in [0.15, 0.2) is 48.8 Å². The van der Waals surface area contributed by atoms with Gasteiger partial charge in [-0.3, -0.25) is 14.6 Å². The quantitative estimate of drug-likeness (QED) is 0.721. The molecule has 3 rings (SSSR count). The minimum Gasteiger partial charge on any atom is -0.356 e. The topological polar surface area (TPSA) is 97.1 Å². The van der Waals surface area contributed by atoms with Crippen LogP contribution in [0, 0.1) is 5.92 Å². The van der Waals surface area contributed by atoms with Crippen LogP contribution in [0.4, 0.5) is 5.69 Å². The highest BCUT2D eigenvalue weighted by atomic mass is 16.2. The van der Waals surface area contributed by atoms with Gasteiger partial charge in [-0.25, -0.2) is 0 Å². The number of nitrogens with zero attached hydrogens (tertiary/aromatic N) is 1. The molecule has 4 N–H and O–H groups in total. The normalized spacial score (nSPS) is 14.6. The number of anilines is 1. The number of carbonyl (C=O) groups is 2. The minimum atomic E-state index is -0.378. The van der Waals surface area contributed by atoms with Gasteiger partial charge >= 0.3 is 0 Å². The molecule has 1 saturated carbocycles. The zero-order valence-electron chi connectivity index (χ0n) is 13.9. The molecule has 6 heteroatoms. The summed E-state index contributed by atoms with van der Waals surface area (Å²) in [6, 6.07) is 10.1. The van der Waals surface area contributed by atoms with E-state index in [0.29, 0.717) is 17.2 Å². The lowest BCUT2D eigenvalue weighted by molar-refractivity contribution is -0.121. The Morgan fingerprint density at radius 2 is 1.80 bits per heavy atom. The van der Waals surface area contributed by atoms with Crippen molar-refractivity contribution >= 4 is 17.5 Å². The molecule has 130 valence electrons. The lowest BCUT2D eigenvalue weighted by Gasteiger charge is -2.13. The number of nitrogens with one attached hydrogen (secondary N) is 2. The number of nitrogens with two attached hydrogens (primary N) is 1. The summed E-state index contributed by atoms with van der Waals surface area (Å²) in [6.45, 7) is 0.750. The van der Waals surface area contributed by atoms with Gasteiger partial charge in [-0.05, 0) is 48.6 Å². The maximum Gasteiger partial charge on any atom is 0.255 e. The first-order valence-corrected chi connectivity index (χ1v) is 8.45. The third-order valence-electron chi connectivity index (χ3n) is 4.23. The first-order valence-electron chi connectivity index (χ1n) is 8.45. The summed E-state index contributed by atoms with van der Waals surface area (Å²) >= 11 is 0. The van der Waals surface area contributed by atoms with Crippen LogP contribution in [0.25, 0.3) is 0 Å². The zero-order valence-corrected chi connectivity index (χ0v) is 13.9. The van der Waals surface area contributed by atoms with Gasteiger partial charge in [0.2, 0.25) is 5.91 Å². The fourth-order valence-corrected chi connectivity index (χ4v) is 2.49. The lowest BCUT2D eigenvalue weighted by Crippen LogP contribution is -2.29. The SMILES string of the molecule is NC(CC(=O)NCC1CC1)c1ccc(C(=O)Nc2ccncc2)cc1. The second-order valence-electron chi connectivity index (χ2n) is 6.37. The Morgan fingerprint density at radius 1 is 1.12 bits per heavy atom. The average Bonchev–Trinajstić information content (AvgIpc) is 3.45. The summed E-state index contributed by atoms with van der Waals surface area (Å²) in [5, 5.41) is 5.71. The molecule has 1 aromatic heterocycles. The molecule has 1 atom stereocenters. The number of carbonyl (C=O) groups excluding carboxylic acids is 2. The van der Waals surface area contributed by atoms with Gasteiger partial charge in [0.05, 0.1) is 0 Å². The molecule has 0 bridgehead atoms. The highest BCUT2D eigenvalue weighted by molar-refractivity contribution is 6.04. The van der Waals surface area contributed by atoms with E-state index in [-0.39, 0.29) is 24.3 Å². The number of benzene rings is 1. The fraction of sp³-hybridized carbons (Fsp3) is 0.316. The van der Waals surface area contributed by atoms with E-state index in [9.17, 15) is 9.59 Å². The predicted molar refractivity (Wildman–Crippen MR) is 95.9 cm³/mol. The zero-order chi connectivity index (χ0) is 17.6. The Hall–Kier alpha value is -2.73. The molecule has 6 nitrogen and oxygen atoms in total. The third-order valence-corrected chi connectivity index (χ3v) is 4.23. The van der Waals surface area contributed by atoms with E-state index in [4.69, 9.17) is 5.73 Å². The molecule has 1 aliphatic carbocycles. The molecular weight excluding hydrogens is 316 g/mol. The summed E-state index contributed by atoms with van der Waals surface area (Å²) < 4.78 is 0. The van der Waals surface area contributed by atoms with E-state index in [1.807, 2.05) is 0 Å². The molecule has 1 aliphatic rings. The molecule has 0 spiro atoms. The van der Waals surface area contributed by atoms with Gasteiger partial charge in [0.25, 0.3) is 5.91 Å². The number of amides is 2. The largest absolute Gasteiger partial charge is 0.356 e. The van der Waals surface area contributed by atoms with Crippen LogP contribution in [-0.4, -0.2) is 23.3 Å². The van der Waals surface area contributed by atoms with Gasteiger partial charge in [-0.1, -0.05) is 12.1 Å². The van der Waals surface area contributed by atoms with Crippen molar-refractivity contribution in [1.82, 2.24) is 10.3 Å². The molecule has 2 aromatic rings. The lowest BCUT2D eigenvalue weighted by atomic mass is 10.0. The molecule has 1 unspecified atom stereocenters. The Morgan fingerprint density at radius 3 is 2.44 bits per heavy atom. The monoisotopic (exact) mass is 338 g/mol.